The summed E-state index contributed by atoms with van der Waals surface area (Å²) in [5.74, 6) is 0.596. The number of amides is 1. The van der Waals surface area contributed by atoms with Crippen molar-refractivity contribution >= 4 is 23.3 Å². The summed E-state index contributed by atoms with van der Waals surface area (Å²) in [6.45, 7) is 0. The molecule has 0 unspecified atom stereocenters. The topological polar surface area (TPSA) is 105 Å². The zero-order valence-corrected chi connectivity index (χ0v) is 15.0. The lowest BCUT2D eigenvalue weighted by atomic mass is 10.1. The maximum atomic E-state index is 12.4. The molecule has 2 heterocycles. The first-order chi connectivity index (χ1) is 13.1. The first kappa shape index (κ1) is 18.2. The number of hydrogen-bond acceptors (Lipinski definition) is 7. The van der Waals surface area contributed by atoms with E-state index in [1.54, 1.807) is 62.1 Å². The summed E-state index contributed by atoms with van der Waals surface area (Å²) in [6.07, 6.45) is 4.88. The minimum absolute atomic E-state index is 0.241. The van der Waals surface area contributed by atoms with Crippen LogP contribution in [0.3, 0.4) is 0 Å². The molecule has 0 saturated carbocycles. The van der Waals surface area contributed by atoms with Gasteiger partial charge in [0.25, 0.3) is 5.91 Å². The lowest BCUT2D eigenvalue weighted by Gasteiger charge is -2.24. The van der Waals surface area contributed by atoms with E-state index in [0.717, 1.165) is 5.56 Å². The molecule has 0 atom stereocenters. The summed E-state index contributed by atoms with van der Waals surface area (Å²) in [5, 5.41) is 7.42. The number of pyridine rings is 1. The Morgan fingerprint density at radius 2 is 1.93 bits per heavy atom. The Labute approximate surface area is 157 Å². The zero-order valence-electron chi connectivity index (χ0n) is 15.0. The van der Waals surface area contributed by atoms with Crippen molar-refractivity contribution in [1.82, 2.24) is 15.4 Å². The molecule has 1 aliphatic rings. The largest absolute Gasteiger partial charge is 0.382 e. The number of hydrogen-bond donors (Lipinski definition) is 3. The molecule has 1 aliphatic heterocycles. The minimum atomic E-state index is -0.241. The predicted octanol–water partition coefficient (Wildman–Crippen LogP) is 1.93. The second-order valence-corrected chi connectivity index (χ2v) is 5.62. The van der Waals surface area contributed by atoms with Crippen molar-refractivity contribution < 1.29 is 9.63 Å². The van der Waals surface area contributed by atoms with Crippen molar-refractivity contribution in [3.8, 4) is 0 Å². The van der Waals surface area contributed by atoms with Gasteiger partial charge in [0.05, 0.1) is 12.8 Å². The first-order valence-corrected chi connectivity index (χ1v) is 8.20. The van der Waals surface area contributed by atoms with E-state index in [9.17, 15) is 4.79 Å². The standard InChI is InChI=1S/C19H20N6O2/c1-25(27-2)17(16-18(20)23-12-11-22-16)13-6-8-14(9-7-13)19(26)24-15-5-3-4-10-21-15/h3-12,22H,1-2H3,(H2,20,23)(H,21,24,26)/b17-16-. The molecule has 2 aromatic rings. The molecule has 0 fully saturated rings. The van der Waals surface area contributed by atoms with Gasteiger partial charge < -0.3 is 16.4 Å². The molecule has 0 spiro atoms. The first-order valence-electron chi connectivity index (χ1n) is 8.20. The number of rotatable bonds is 5. The van der Waals surface area contributed by atoms with Crippen LogP contribution in [-0.4, -0.2) is 35.9 Å². The second kappa shape index (κ2) is 8.15. The van der Waals surface area contributed by atoms with E-state index < -0.39 is 0 Å². The van der Waals surface area contributed by atoms with Gasteiger partial charge in [0.2, 0.25) is 0 Å². The lowest BCUT2D eigenvalue weighted by molar-refractivity contribution is -0.0532. The number of aromatic nitrogens is 1. The summed E-state index contributed by atoms with van der Waals surface area (Å²) in [4.78, 5) is 25.9. The molecule has 0 saturated heterocycles. The number of hydroxylamine groups is 2. The molecule has 138 valence electrons. The molecule has 3 rings (SSSR count). The molecule has 1 aromatic heterocycles. The van der Waals surface area contributed by atoms with Crippen LogP contribution >= 0.6 is 0 Å². The Balaban J connectivity index is 1.88. The van der Waals surface area contributed by atoms with Gasteiger partial charge in [-0.05, 0) is 24.3 Å². The summed E-state index contributed by atoms with van der Waals surface area (Å²) in [5.41, 5.74) is 8.63. The Hall–Kier alpha value is -3.65. The monoisotopic (exact) mass is 364 g/mol. The van der Waals surface area contributed by atoms with Crippen LogP contribution < -0.4 is 16.4 Å². The number of carbonyl (C=O) groups excluding carboxylic acids is 1. The van der Waals surface area contributed by atoms with E-state index in [4.69, 9.17) is 10.6 Å². The highest BCUT2D eigenvalue weighted by atomic mass is 16.7. The van der Waals surface area contributed by atoms with Gasteiger partial charge in [0.1, 0.15) is 17.4 Å². The van der Waals surface area contributed by atoms with Gasteiger partial charge >= 0.3 is 0 Å². The highest BCUT2D eigenvalue weighted by molar-refractivity contribution is 6.05. The zero-order chi connectivity index (χ0) is 19.2. The van der Waals surface area contributed by atoms with Crippen LogP contribution in [0, 0.1) is 0 Å². The highest BCUT2D eigenvalue weighted by Gasteiger charge is 2.18. The molecule has 1 amide bonds. The molecular weight excluding hydrogens is 344 g/mol. The van der Waals surface area contributed by atoms with Crippen LogP contribution in [0.2, 0.25) is 0 Å². The number of carbonyl (C=O) groups is 1. The smallest absolute Gasteiger partial charge is 0.256 e. The number of anilines is 1. The van der Waals surface area contributed by atoms with E-state index >= 15 is 0 Å². The number of nitrogens with zero attached hydrogens (tertiary/aromatic N) is 3. The SMILES string of the molecule is CON(C)/C(=C1\NC=CN=C1N)c1ccc(C(=O)Nc2ccccn2)cc1. The van der Waals surface area contributed by atoms with E-state index in [2.05, 4.69) is 20.6 Å². The molecule has 0 bridgehead atoms. The maximum Gasteiger partial charge on any atom is 0.256 e. The molecule has 1 aromatic carbocycles. The molecule has 8 heteroatoms. The van der Waals surface area contributed by atoms with Crippen LogP contribution in [0.4, 0.5) is 5.82 Å². The third-order valence-electron chi connectivity index (χ3n) is 3.92. The Morgan fingerprint density at radius 3 is 2.56 bits per heavy atom. The molecule has 0 aliphatic carbocycles. The van der Waals surface area contributed by atoms with E-state index in [1.165, 1.54) is 0 Å². The van der Waals surface area contributed by atoms with Crippen molar-refractivity contribution in [2.75, 3.05) is 19.5 Å². The van der Waals surface area contributed by atoms with Gasteiger partial charge in [-0.25, -0.2) is 9.98 Å². The number of benzene rings is 1. The van der Waals surface area contributed by atoms with Gasteiger partial charge in [-0.15, -0.1) is 0 Å². The highest BCUT2D eigenvalue weighted by Crippen LogP contribution is 2.23. The average Bonchev–Trinajstić information content (AvgIpc) is 2.70. The van der Waals surface area contributed by atoms with E-state index in [-0.39, 0.29) is 5.91 Å². The number of nitrogens with one attached hydrogen (secondary N) is 2. The predicted molar refractivity (Wildman–Crippen MR) is 104 cm³/mol. The fourth-order valence-electron chi connectivity index (χ4n) is 2.55. The van der Waals surface area contributed by atoms with Crippen LogP contribution in [0.1, 0.15) is 15.9 Å². The van der Waals surface area contributed by atoms with Gasteiger partial charge in [-0.3, -0.25) is 14.7 Å². The number of aliphatic imine (C=N–C) groups is 1. The van der Waals surface area contributed by atoms with Crippen molar-refractivity contribution in [3.05, 3.63) is 77.9 Å². The van der Waals surface area contributed by atoms with Crippen LogP contribution in [0.5, 0.6) is 0 Å². The number of amidine groups is 1. The number of nitrogens with two attached hydrogens (primary N) is 1. The van der Waals surface area contributed by atoms with Gasteiger partial charge in [-0.2, -0.15) is 0 Å². The molecule has 27 heavy (non-hydrogen) atoms. The quantitative estimate of drug-likeness (QED) is 0.700. The minimum Gasteiger partial charge on any atom is -0.382 e. The third-order valence-corrected chi connectivity index (χ3v) is 3.92. The van der Waals surface area contributed by atoms with Crippen molar-refractivity contribution in [2.45, 2.75) is 0 Å². The Bertz CT molecular complexity index is 904. The van der Waals surface area contributed by atoms with Crippen molar-refractivity contribution in [2.24, 2.45) is 10.7 Å². The summed E-state index contributed by atoms with van der Waals surface area (Å²) >= 11 is 0. The van der Waals surface area contributed by atoms with Gasteiger partial charge in [-0.1, -0.05) is 18.2 Å². The van der Waals surface area contributed by atoms with Gasteiger partial charge in [0, 0.05) is 36.8 Å². The lowest BCUT2D eigenvalue weighted by Crippen LogP contribution is -2.31. The van der Waals surface area contributed by atoms with Crippen LogP contribution in [0.25, 0.3) is 5.70 Å². The van der Waals surface area contributed by atoms with Crippen molar-refractivity contribution in [3.63, 3.8) is 0 Å². The van der Waals surface area contributed by atoms with Gasteiger partial charge in [0.15, 0.2) is 0 Å². The molecule has 4 N–H and O–H groups in total. The van der Waals surface area contributed by atoms with E-state index in [1.807, 2.05) is 18.2 Å². The average molecular weight is 364 g/mol. The summed E-state index contributed by atoms with van der Waals surface area (Å²) in [6, 6.07) is 12.4. The summed E-state index contributed by atoms with van der Waals surface area (Å²) < 4.78 is 0. The molecular formula is C19H20N6O2. The fourth-order valence-corrected chi connectivity index (χ4v) is 2.55. The van der Waals surface area contributed by atoms with Crippen molar-refractivity contribution in [1.29, 1.82) is 0 Å². The van der Waals surface area contributed by atoms with Crippen LogP contribution in [0.15, 0.2) is 71.8 Å². The third kappa shape index (κ3) is 4.13. The fraction of sp³-hybridized carbons (Fsp3) is 0.105. The Morgan fingerprint density at radius 1 is 1.19 bits per heavy atom. The van der Waals surface area contributed by atoms with E-state index in [0.29, 0.717) is 28.6 Å². The van der Waals surface area contributed by atoms with Crippen LogP contribution in [-0.2, 0) is 4.84 Å². The maximum absolute atomic E-state index is 12.4. The molecule has 0 radical (unpaired) electrons. The second-order valence-electron chi connectivity index (χ2n) is 5.62. The normalized spacial score (nSPS) is 14.8. The molecule has 8 nitrogen and oxygen atoms in total. The Kier molecular flexibility index (Phi) is 5.48. The summed E-state index contributed by atoms with van der Waals surface area (Å²) in [7, 11) is 3.32.